The van der Waals surface area contributed by atoms with Gasteiger partial charge in [-0.05, 0) is 6.42 Å². The molecule has 3 rings (SSSR count). The molecule has 13 nitrogen and oxygen atoms in total. The number of aromatic amines is 1. The molecule has 3 heterocycles. The van der Waals surface area contributed by atoms with E-state index in [0.29, 0.717) is 6.42 Å². The summed E-state index contributed by atoms with van der Waals surface area (Å²) in [5.74, 6) is -3.02. The smallest absolute Gasteiger partial charge is 0.428 e. The van der Waals surface area contributed by atoms with Gasteiger partial charge in [-0.15, -0.1) is 0 Å². The van der Waals surface area contributed by atoms with E-state index < -0.39 is 66.2 Å². The Bertz CT molecular complexity index is 1300. The van der Waals surface area contributed by atoms with Crippen molar-refractivity contribution in [1.29, 1.82) is 0 Å². The first-order valence-corrected chi connectivity index (χ1v) is 10.8. The first kappa shape index (κ1) is 26.9. The van der Waals surface area contributed by atoms with E-state index in [1.807, 2.05) is 0 Å². The average Bonchev–Trinajstić information content (AvgIpc) is 3.23. The maximum absolute atomic E-state index is 13.7. The minimum Gasteiger partial charge on any atom is -0.458 e. The molecular weight excluding hydrogens is 495 g/mol. The van der Waals surface area contributed by atoms with Gasteiger partial charge in [-0.2, -0.15) is 18.2 Å². The number of aromatic nitrogens is 4. The second-order valence-electron chi connectivity index (χ2n) is 8.09. The lowest BCUT2D eigenvalue weighted by molar-refractivity contribution is -0.248. The van der Waals surface area contributed by atoms with E-state index in [2.05, 4.69) is 20.0 Å². The number of H-pyrrole nitrogens is 1. The zero-order valence-corrected chi connectivity index (χ0v) is 19.7. The Kier molecular flexibility index (Phi) is 7.56. The number of nitrogens with one attached hydrogen (secondary N) is 2. The van der Waals surface area contributed by atoms with Crippen LogP contribution in [0.25, 0.3) is 11.2 Å². The first-order chi connectivity index (χ1) is 16.7. The van der Waals surface area contributed by atoms with Crippen molar-refractivity contribution < 1.29 is 41.8 Å². The van der Waals surface area contributed by atoms with Crippen molar-refractivity contribution in [2.45, 2.75) is 77.8 Å². The number of hydrogen-bond acceptors (Lipinski definition) is 9. The van der Waals surface area contributed by atoms with Crippen LogP contribution >= 0.6 is 0 Å². The van der Waals surface area contributed by atoms with Crippen LogP contribution in [0.1, 0.15) is 46.8 Å². The summed E-state index contributed by atoms with van der Waals surface area (Å²) in [6.07, 6.45) is -12.9. The van der Waals surface area contributed by atoms with Crippen LogP contribution in [0.4, 0.5) is 19.1 Å². The number of fused-ring (bicyclic) bond motifs is 1. The van der Waals surface area contributed by atoms with Gasteiger partial charge >= 0.3 is 23.8 Å². The lowest BCUT2D eigenvalue weighted by Gasteiger charge is -2.25. The molecule has 36 heavy (non-hydrogen) atoms. The van der Waals surface area contributed by atoms with Crippen molar-refractivity contribution in [3.63, 3.8) is 0 Å². The molecule has 0 aromatic carbocycles. The van der Waals surface area contributed by atoms with Crippen molar-refractivity contribution in [3.05, 3.63) is 20.8 Å². The molecular formula is C20H24F3N5O8. The molecule has 0 spiro atoms. The molecule has 4 atom stereocenters. The van der Waals surface area contributed by atoms with Crippen LogP contribution in [-0.4, -0.2) is 61.4 Å². The minimum atomic E-state index is -5.04. The topological polar surface area (TPSA) is 164 Å². The largest absolute Gasteiger partial charge is 0.458 e. The first-order valence-electron chi connectivity index (χ1n) is 10.8. The van der Waals surface area contributed by atoms with Crippen LogP contribution in [0.15, 0.2) is 9.59 Å². The summed E-state index contributed by atoms with van der Waals surface area (Å²) in [7, 11) is 0. The van der Waals surface area contributed by atoms with Gasteiger partial charge < -0.3 is 14.2 Å². The van der Waals surface area contributed by atoms with Gasteiger partial charge in [-0.3, -0.25) is 34.0 Å². The highest BCUT2D eigenvalue weighted by Crippen LogP contribution is 2.39. The Morgan fingerprint density at radius 2 is 1.89 bits per heavy atom. The molecule has 0 aliphatic carbocycles. The molecule has 1 aliphatic rings. The number of anilines is 1. The number of rotatable bonds is 7. The van der Waals surface area contributed by atoms with Gasteiger partial charge in [-0.25, -0.2) is 9.36 Å². The van der Waals surface area contributed by atoms with Crippen molar-refractivity contribution in [2.24, 2.45) is 0 Å². The quantitative estimate of drug-likeness (QED) is 0.507. The number of nitrogens with zero attached hydrogens (tertiary/aromatic N) is 3. The van der Waals surface area contributed by atoms with Gasteiger partial charge in [0, 0.05) is 33.7 Å². The molecule has 2 aromatic rings. The lowest BCUT2D eigenvalue weighted by atomic mass is 10.1. The molecule has 0 radical (unpaired) electrons. The van der Waals surface area contributed by atoms with E-state index in [-0.39, 0.29) is 23.7 Å². The van der Waals surface area contributed by atoms with E-state index in [4.69, 9.17) is 9.47 Å². The Labute approximate surface area is 200 Å². The highest BCUT2D eigenvalue weighted by molar-refractivity contribution is 5.87. The van der Waals surface area contributed by atoms with Gasteiger partial charge in [0.1, 0.15) is 12.2 Å². The SMILES string of the molecule is CCCn1c(=O)n([C@@H]2O[C@H]([C@@H](OC(C)=O)C(F)(F)F)C[C@H]2OC(C)=O)c2nc(NC(C)=O)[nH]c(=O)c21. The van der Waals surface area contributed by atoms with Crippen LogP contribution in [0, 0.1) is 0 Å². The van der Waals surface area contributed by atoms with E-state index in [0.717, 1.165) is 29.9 Å². The number of carbonyl (C=O) groups is 3. The predicted octanol–water partition coefficient (Wildman–Crippen LogP) is 0.968. The van der Waals surface area contributed by atoms with Crippen molar-refractivity contribution in [3.8, 4) is 0 Å². The molecule has 0 unspecified atom stereocenters. The number of amides is 1. The molecule has 1 fully saturated rings. The van der Waals surface area contributed by atoms with E-state index >= 15 is 0 Å². The zero-order chi connectivity index (χ0) is 26.9. The Morgan fingerprint density at radius 1 is 1.22 bits per heavy atom. The van der Waals surface area contributed by atoms with Crippen molar-refractivity contribution in [1.82, 2.24) is 19.1 Å². The summed E-state index contributed by atoms with van der Waals surface area (Å²) in [6.45, 7) is 4.71. The van der Waals surface area contributed by atoms with E-state index in [1.165, 1.54) is 0 Å². The third-order valence-electron chi connectivity index (χ3n) is 5.18. The number of imidazole rings is 1. The van der Waals surface area contributed by atoms with Crippen LogP contribution in [0.5, 0.6) is 0 Å². The molecule has 16 heteroatoms. The second kappa shape index (κ2) is 10.1. The standard InChI is InChI=1S/C20H24F3N5O8/c1-5-6-27-13-15(25-18(24-8(2)29)26-16(13)32)28(19(27)33)17-12(34-9(3)30)7-11(36-17)14(20(21,22)23)35-10(4)31/h11-12,14,17H,5-7H2,1-4H3,(H2,24,25,26,29,32)/t11-,12+,14+,17+/m0/s1. The molecule has 1 saturated heterocycles. The number of alkyl halides is 3. The van der Waals surface area contributed by atoms with Crippen LogP contribution in [-0.2, 0) is 35.1 Å². The van der Waals surface area contributed by atoms with Crippen LogP contribution in [0.3, 0.4) is 0 Å². The minimum absolute atomic E-state index is 0.0413. The number of esters is 2. The Hall–Kier alpha value is -3.69. The fourth-order valence-corrected chi connectivity index (χ4v) is 4.01. The number of hydrogen-bond donors (Lipinski definition) is 2. The number of halogens is 3. The second-order valence-corrected chi connectivity index (χ2v) is 8.09. The van der Waals surface area contributed by atoms with Gasteiger partial charge in [0.2, 0.25) is 18.0 Å². The molecule has 0 saturated carbocycles. The maximum atomic E-state index is 13.7. The monoisotopic (exact) mass is 519 g/mol. The fourth-order valence-electron chi connectivity index (χ4n) is 4.01. The third kappa shape index (κ3) is 5.42. The van der Waals surface area contributed by atoms with Gasteiger partial charge in [0.25, 0.3) is 5.56 Å². The van der Waals surface area contributed by atoms with Gasteiger partial charge in [-0.1, -0.05) is 6.92 Å². The summed E-state index contributed by atoms with van der Waals surface area (Å²) in [6, 6.07) is 0. The van der Waals surface area contributed by atoms with Crippen molar-refractivity contribution >= 4 is 35.0 Å². The summed E-state index contributed by atoms with van der Waals surface area (Å²) in [5.41, 5.74) is -2.22. The van der Waals surface area contributed by atoms with Crippen LogP contribution in [0.2, 0.25) is 0 Å². The zero-order valence-electron chi connectivity index (χ0n) is 19.7. The van der Waals surface area contributed by atoms with E-state index in [9.17, 15) is 37.1 Å². The highest BCUT2D eigenvalue weighted by Gasteiger charge is 2.54. The van der Waals surface area contributed by atoms with E-state index in [1.54, 1.807) is 6.92 Å². The van der Waals surface area contributed by atoms with Gasteiger partial charge in [0.15, 0.2) is 17.4 Å². The predicted molar refractivity (Wildman–Crippen MR) is 115 cm³/mol. The highest BCUT2D eigenvalue weighted by atomic mass is 19.4. The number of carbonyl (C=O) groups excluding carboxylic acids is 3. The Morgan fingerprint density at radius 3 is 2.42 bits per heavy atom. The maximum Gasteiger partial charge on any atom is 0.428 e. The molecule has 198 valence electrons. The molecule has 0 bridgehead atoms. The number of aryl methyl sites for hydroxylation is 1. The summed E-state index contributed by atoms with van der Waals surface area (Å²) in [4.78, 5) is 67.1. The number of ether oxygens (including phenoxy) is 3. The molecule has 2 N–H and O–H groups in total. The van der Waals surface area contributed by atoms with Gasteiger partial charge in [0.05, 0.1) is 0 Å². The summed E-state index contributed by atoms with van der Waals surface area (Å²) >= 11 is 0. The molecule has 1 amide bonds. The normalized spacial score (nSPS) is 20.8. The fraction of sp³-hybridized carbons (Fsp3) is 0.600. The lowest BCUT2D eigenvalue weighted by Crippen LogP contribution is -2.43. The van der Waals surface area contributed by atoms with Crippen LogP contribution < -0.4 is 16.6 Å². The third-order valence-corrected chi connectivity index (χ3v) is 5.18. The summed E-state index contributed by atoms with van der Waals surface area (Å²) < 4.78 is 58.0. The molecule has 2 aromatic heterocycles. The summed E-state index contributed by atoms with van der Waals surface area (Å²) in [5, 5.41) is 2.27. The Balaban J connectivity index is 2.22. The molecule has 1 aliphatic heterocycles. The average molecular weight is 519 g/mol. The van der Waals surface area contributed by atoms with Crippen molar-refractivity contribution in [2.75, 3.05) is 5.32 Å².